The summed E-state index contributed by atoms with van der Waals surface area (Å²) >= 11 is 0. The summed E-state index contributed by atoms with van der Waals surface area (Å²) in [4.78, 5) is 22.2. The number of ether oxygens (including phenoxy) is 1. The average molecular weight is 181 g/mol. The molecule has 0 aliphatic heterocycles. The van der Waals surface area contributed by atoms with Gasteiger partial charge in [-0.25, -0.2) is 4.79 Å². The lowest BCUT2D eigenvalue weighted by atomic mass is 10.1. The third-order valence-electron chi connectivity index (χ3n) is 1.74. The molecule has 70 valence electrons. The van der Waals surface area contributed by atoms with E-state index in [1.54, 1.807) is 24.0 Å². The fourth-order valence-electron chi connectivity index (χ4n) is 1.14. The van der Waals surface area contributed by atoms with Crippen molar-refractivity contribution >= 4 is 11.8 Å². The van der Waals surface area contributed by atoms with Crippen molar-refractivity contribution in [1.29, 1.82) is 0 Å². The Morgan fingerprint density at radius 2 is 1.85 bits per heavy atom. The molecule has 0 aliphatic carbocycles. The van der Waals surface area contributed by atoms with Crippen LogP contribution in [0, 0.1) is 0 Å². The molecule has 1 rings (SSSR count). The smallest absolute Gasteiger partial charge is 0.340 e. The first-order chi connectivity index (χ1) is 6.06. The average Bonchev–Trinajstić information content (AvgIpc) is 2.46. The van der Waals surface area contributed by atoms with Crippen LogP contribution < -0.4 is 0 Å². The van der Waals surface area contributed by atoms with Crippen LogP contribution in [0.4, 0.5) is 0 Å². The Kier molecular flexibility index (Phi) is 2.51. The second kappa shape index (κ2) is 3.43. The first kappa shape index (κ1) is 9.51. The Morgan fingerprint density at radius 3 is 2.31 bits per heavy atom. The molecular weight excluding hydrogens is 170 g/mol. The molecule has 0 atom stereocenters. The maximum Gasteiger partial charge on any atom is 0.340 e. The van der Waals surface area contributed by atoms with Crippen molar-refractivity contribution in [2.24, 2.45) is 7.05 Å². The van der Waals surface area contributed by atoms with Gasteiger partial charge in [0.05, 0.1) is 12.7 Å². The van der Waals surface area contributed by atoms with Gasteiger partial charge in [0.25, 0.3) is 0 Å². The van der Waals surface area contributed by atoms with E-state index in [1.807, 2.05) is 0 Å². The number of esters is 1. The van der Waals surface area contributed by atoms with Crippen LogP contribution in [-0.2, 0) is 11.8 Å². The first-order valence-corrected chi connectivity index (χ1v) is 3.81. The largest absolute Gasteiger partial charge is 0.465 e. The lowest BCUT2D eigenvalue weighted by Crippen LogP contribution is -2.05. The van der Waals surface area contributed by atoms with Crippen molar-refractivity contribution in [3.05, 3.63) is 23.5 Å². The van der Waals surface area contributed by atoms with Crippen molar-refractivity contribution in [1.82, 2.24) is 4.57 Å². The fourth-order valence-corrected chi connectivity index (χ4v) is 1.14. The second-order valence-corrected chi connectivity index (χ2v) is 2.80. The molecule has 13 heavy (non-hydrogen) atoms. The lowest BCUT2D eigenvalue weighted by Gasteiger charge is -1.96. The summed E-state index contributed by atoms with van der Waals surface area (Å²) in [5.74, 6) is -0.619. The molecule has 0 aliphatic rings. The highest BCUT2D eigenvalue weighted by Crippen LogP contribution is 2.11. The molecule has 1 aromatic heterocycles. The van der Waals surface area contributed by atoms with Crippen LogP contribution >= 0.6 is 0 Å². The van der Waals surface area contributed by atoms with Crippen LogP contribution in [0.15, 0.2) is 12.4 Å². The molecule has 0 N–H and O–H groups in total. The normalized spacial score (nSPS) is 9.77. The summed E-state index contributed by atoms with van der Waals surface area (Å²) in [6.07, 6.45) is 3.18. The number of nitrogens with zero attached hydrogens (tertiary/aromatic N) is 1. The summed E-state index contributed by atoms with van der Waals surface area (Å²) in [5.41, 5.74) is 0.715. The van der Waals surface area contributed by atoms with Crippen molar-refractivity contribution in [2.75, 3.05) is 7.11 Å². The van der Waals surface area contributed by atoms with Gasteiger partial charge in [-0.1, -0.05) is 0 Å². The zero-order valence-corrected chi connectivity index (χ0v) is 7.83. The van der Waals surface area contributed by atoms with E-state index in [4.69, 9.17) is 0 Å². The number of hydrogen-bond donors (Lipinski definition) is 0. The van der Waals surface area contributed by atoms with Gasteiger partial charge in [-0.2, -0.15) is 0 Å². The Morgan fingerprint density at radius 1 is 1.31 bits per heavy atom. The third kappa shape index (κ3) is 1.77. The number of aryl methyl sites for hydroxylation is 1. The number of Topliss-reactive ketones (excluding diaryl/α,β-unsaturated/α-hetero) is 1. The van der Waals surface area contributed by atoms with Gasteiger partial charge in [0, 0.05) is 25.0 Å². The van der Waals surface area contributed by atoms with Gasteiger partial charge in [-0.3, -0.25) is 4.79 Å². The van der Waals surface area contributed by atoms with E-state index >= 15 is 0 Å². The quantitative estimate of drug-likeness (QED) is 0.505. The van der Waals surface area contributed by atoms with Crippen molar-refractivity contribution < 1.29 is 14.3 Å². The Hall–Kier alpha value is -1.58. The number of carbonyl (C=O) groups excluding carboxylic acids is 2. The molecule has 4 heteroatoms. The second-order valence-electron chi connectivity index (χ2n) is 2.80. The van der Waals surface area contributed by atoms with E-state index < -0.39 is 5.97 Å². The van der Waals surface area contributed by atoms with E-state index in [0.717, 1.165) is 0 Å². The van der Waals surface area contributed by atoms with Crippen LogP contribution in [0.3, 0.4) is 0 Å². The molecule has 0 amide bonds. The summed E-state index contributed by atoms with van der Waals surface area (Å²) in [7, 11) is 3.04. The van der Waals surface area contributed by atoms with Crippen LogP contribution in [0.25, 0.3) is 0 Å². The van der Waals surface area contributed by atoms with Gasteiger partial charge in [-0.05, 0) is 6.92 Å². The van der Waals surface area contributed by atoms with Crippen molar-refractivity contribution in [3.63, 3.8) is 0 Å². The molecule has 0 spiro atoms. The lowest BCUT2D eigenvalue weighted by molar-refractivity contribution is 0.0597. The van der Waals surface area contributed by atoms with Gasteiger partial charge >= 0.3 is 5.97 Å². The van der Waals surface area contributed by atoms with Crippen molar-refractivity contribution in [2.45, 2.75) is 6.92 Å². The van der Waals surface area contributed by atoms with Gasteiger partial charge in [0.2, 0.25) is 0 Å². The van der Waals surface area contributed by atoms with Crippen LogP contribution in [0.1, 0.15) is 27.6 Å². The molecule has 0 bridgehead atoms. The number of carbonyl (C=O) groups is 2. The molecular formula is C9H11NO3. The minimum absolute atomic E-state index is 0.138. The SMILES string of the molecule is COC(=O)c1cn(C)cc1C(C)=O. The highest BCUT2D eigenvalue weighted by molar-refractivity contribution is 6.05. The summed E-state index contributed by atoms with van der Waals surface area (Å²) in [5, 5.41) is 0. The molecule has 0 fully saturated rings. The predicted molar refractivity (Wildman–Crippen MR) is 46.8 cm³/mol. The highest BCUT2D eigenvalue weighted by Gasteiger charge is 2.16. The number of methoxy groups -OCH3 is 1. The topological polar surface area (TPSA) is 48.3 Å². The van der Waals surface area contributed by atoms with E-state index in [2.05, 4.69) is 4.74 Å². The van der Waals surface area contributed by atoms with Crippen LogP contribution in [0.2, 0.25) is 0 Å². The van der Waals surface area contributed by atoms with Crippen LogP contribution in [0.5, 0.6) is 0 Å². The third-order valence-corrected chi connectivity index (χ3v) is 1.74. The highest BCUT2D eigenvalue weighted by atomic mass is 16.5. The Labute approximate surface area is 76.1 Å². The molecule has 0 saturated carbocycles. The fraction of sp³-hybridized carbons (Fsp3) is 0.333. The van der Waals surface area contributed by atoms with E-state index in [9.17, 15) is 9.59 Å². The van der Waals surface area contributed by atoms with E-state index in [0.29, 0.717) is 11.1 Å². The molecule has 0 radical (unpaired) electrons. The van der Waals surface area contributed by atoms with Gasteiger partial charge in [0.15, 0.2) is 5.78 Å². The maximum atomic E-state index is 11.2. The van der Waals surface area contributed by atoms with Crippen molar-refractivity contribution in [3.8, 4) is 0 Å². The van der Waals surface area contributed by atoms with E-state index in [1.165, 1.54) is 14.0 Å². The molecule has 1 heterocycles. The van der Waals surface area contributed by atoms with Crippen LogP contribution in [-0.4, -0.2) is 23.4 Å². The monoisotopic (exact) mass is 181 g/mol. The number of ketones is 1. The maximum absolute atomic E-state index is 11.2. The standard InChI is InChI=1S/C9H11NO3/c1-6(11)7-4-10(2)5-8(7)9(12)13-3/h4-5H,1-3H3. The van der Waals surface area contributed by atoms with Gasteiger partial charge in [-0.15, -0.1) is 0 Å². The minimum Gasteiger partial charge on any atom is -0.465 e. The van der Waals surface area contributed by atoms with Gasteiger partial charge < -0.3 is 9.30 Å². The predicted octanol–water partition coefficient (Wildman–Crippen LogP) is 1.01. The zero-order valence-electron chi connectivity index (χ0n) is 7.83. The summed E-state index contributed by atoms with van der Waals surface area (Å²) in [6, 6.07) is 0. The molecule has 0 saturated heterocycles. The Balaban J connectivity index is 3.19. The van der Waals surface area contributed by atoms with Gasteiger partial charge in [0.1, 0.15) is 0 Å². The molecule has 0 aromatic carbocycles. The zero-order chi connectivity index (χ0) is 10.0. The minimum atomic E-state index is -0.481. The molecule has 0 unspecified atom stereocenters. The number of aromatic nitrogens is 1. The number of rotatable bonds is 2. The summed E-state index contributed by atoms with van der Waals surface area (Å²) < 4.78 is 6.19. The van der Waals surface area contributed by atoms with E-state index in [-0.39, 0.29) is 5.78 Å². The molecule has 1 aromatic rings. The Bertz CT molecular complexity index is 352. The summed E-state index contributed by atoms with van der Waals surface area (Å²) in [6.45, 7) is 1.42. The molecule has 4 nitrogen and oxygen atoms in total. The first-order valence-electron chi connectivity index (χ1n) is 3.81. The number of hydrogen-bond acceptors (Lipinski definition) is 3.